The molecule has 0 spiro atoms. The van der Waals surface area contributed by atoms with Gasteiger partial charge in [-0.25, -0.2) is 9.97 Å². The summed E-state index contributed by atoms with van der Waals surface area (Å²) in [7, 11) is 1.73. The second kappa shape index (κ2) is 10.3. The van der Waals surface area contributed by atoms with Gasteiger partial charge in [0.05, 0.1) is 11.4 Å². The van der Waals surface area contributed by atoms with Crippen LogP contribution in [0, 0.1) is 27.7 Å². The quantitative estimate of drug-likeness (QED) is 0.323. The van der Waals surface area contributed by atoms with Gasteiger partial charge in [0.15, 0.2) is 0 Å². The number of anilines is 2. The fraction of sp³-hybridized carbons (Fsp3) is 0.185. The molecule has 0 saturated carbocycles. The van der Waals surface area contributed by atoms with E-state index in [9.17, 15) is 4.79 Å². The molecule has 9 heteroatoms. The van der Waals surface area contributed by atoms with Crippen LogP contribution >= 0.6 is 0 Å². The molecule has 3 heterocycles. The van der Waals surface area contributed by atoms with Crippen molar-refractivity contribution in [1.82, 2.24) is 19.7 Å². The molecule has 9 nitrogen and oxygen atoms in total. The highest BCUT2D eigenvalue weighted by atomic mass is 16.4. The van der Waals surface area contributed by atoms with Gasteiger partial charge in [0.25, 0.3) is 5.91 Å². The molecule has 1 amide bonds. The Labute approximate surface area is 209 Å². The van der Waals surface area contributed by atoms with E-state index in [-0.39, 0.29) is 5.91 Å². The van der Waals surface area contributed by atoms with E-state index in [2.05, 4.69) is 20.4 Å². The van der Waals surface area contributed by atoms with Crippen molar-refractivity contribution in [2.45, 2.75) is 27.7 Å². The first-order valence-electron chi connectivity index (χ1n) is 11.3. The molecular weight excluding hydrogens is 456 g/mol. The smallest absolute Gasteiger partial charge is 0.273 e. The molecular formula is C27H28N6O3. The SMILES string of the molecule is Cc1nc(-c2ccc(N)cc2)oc1C.Cc1nc(-c2ccc(NC(=O)c3ccnn3C)cc2)oc1C. The van der Waals surface area contributed by atoms with Crippen LogP contribution in [0.1, 0.15) is 33.4 Å². The Morgan fingerprint density at radius 1 is 0.806 bits per heavy atom. The molecule has 3 aromatic heterocycles. The van der Waals surface area contributed by atoms with Gasteiger partial charge in [0.1, 0.15) is 17.2 Å². The zero-order chi connectivity index (χ0) is 25.8. The van der Waals surface area contributed by atoms with E-state index in [1.807, 2.05) is 76.2 Å². The van der Waals surface area contributed by atoms with Crippen LogP contribution in [0.3, 0.4) is 0 Å². The van der Waals surface area contributed by atoms with Gasteiger partial charge in [-0.05, 0) is 82.3 Å². The van der Waals surface area contributed by atoms with Gasteiger partial charge in [0.2, 0.25) is 11.8 Å². The lowest BCUT2D eigenvalue weighted by Gasteiger charge is -2.05. The Hall–Kier alpha value is -4.66. The number of nitrogens with one attached hydrogen (secondary N) is 1. The van der Waals surface area contributed by atoms with E-state index in [1.54, 1.807) is 19.3 Å². The molecule has 0 aliphatic carbocycles. The lowest BCUT2D eigenvalue weighted by Crippen LogP contribution is -2.15. The van der Waals surface area contributed by atoms with E-state index in [1.165, 1.54) is 4.68 Å². The maximum absolute atomic E-state index is 12.1. The molecule has 0 fully saturated rings. The third-order valence-electron chi connectivity index (χ3n) is 5.66. The van der Waals surface area contributed by atoms with E-state index in [0.29, 0.717) is 23.2 Å². The summed E-state index contributed by atoms with van der Waals surface area (Å²) < 4.78 is 12.6. The predicted octanol–water partition coefficient (Wildman–Crippen LogP) is 5.48. The normalized spacial score (nSPS) is 10.6. The fourth-order valence-electron chi connectivity index (χ4n) is 3.31. The first kappa shape index (κ1) is 24.5. The van der Waals surface area contributed by atoms with Gasteiger partial charge >= 0.3 is 0 Å². The van der Waals surface area contributed by atoms with E-state index in [4.69, 9.17) is 14.6 Å². The zero-order valence-corrected chi connectivity index (χ0v) is 20.9. The van der Waals surface area contributed by atoms with E-state index < -0.39 is 0 Å². The number of carbonyl (C=O) groups is 1. The molecule has 0 aliphatic heterocycles. The molecule has 36 heavy (non-hydrogen) atoms. The largest absolute Gasteiger partial charge is 0.441 e. The number of amides is 1. The number of rotatable bonds is 4. The van der Waals surface area contributed by atoms with Crippen molar-refractivity contribution in [3.05, 3.63) is 89.4 Å². The first-order chi connectivity index (χ1) is 17.2. The van der Waals surface area contributed by atoms with Crippen LogP contribution in [-0.2, 0) is 7.05 Å². The summed E-state index contributed by atoms with van der Waals surface area (Å²) in [4.78, 5) is 20.8. The summed E-state index contributed by atoms with van der Waals surface area (Å²) in [6.45, 7) is 7.63. The third-order valence-corrected chi connectivity index (χ3v) is 5.66. The van der Waals surface area contributed by atoms with Crippen LogP contribution in [0.15, 0.2) is 69.6 Å². The molecule has 184 valence electrons. The van der Waals surface area contributed by atoms with E-state index >= 15 is 0 Å². The van der Waals surface area contributed by atoms with Gasteiger partial charge in [-0.1, -0.05) is 0 Å². The van der Waals surface area contributed by atoms with Crippen molar-refractivity contribution in [2.24, 2.45) is 7.05 Å². The summed E-state index contributed by atoms with van der Waals surface area (Å²) in [5.74, 6) is 2.70. The van der Waals surface area contributed by atoms with Crippen molar-refractivity contribution in [2.75, 3.05) is 11.1 Å². The van der Waals surface area contributed by atoms with Crippen molar-refractivity contribution < 1.29 is 13.6 Å². The maximum Gasteiger partial charge on any atom is 0.273 e. The Balaban J connectivity index is 0.000000187. The standard InChI is InChI=1S/C16H16N4O2.C11H12N2O/c1-10-11(2)22-16(18-10)12-4-6-13(7-5-12)19-15(21)14-8-9-17-20(14)3;1-7-8(2)14-11(13-7)9-3-5-10(12)6-4-9/h4-9H,1-3H3,(H,19,21);3-6H,12H2,1-2H3. The van der Waals surface area contributed by atoms with Gasteiger partial charge in [-0.15, -0.1) is 0 Å². The highest BCUT2D eigenvalue weighted by molar-refractivity contribution is 6.03. The Bertz CT molecular complexity index is 1440. The Morgan fingerprint density at radius 3 is 1.72 bits per heavy atom. The molecule has 3 N–H and O–H groups in total. The number of aromatic nitrogens is 4. The minimum Gasteiger partial charge on any atom is -0.441 e. The number of nitrogen functional groups attached to an aromatic ring is 1. The minimum absolute atomic E-state index is 0.199. The third kappa shape index (κ3) is 5.52. The average molecular weight is 485 g/mol. The van der Waals surface area contributed by atoms with Crippen molar-refractivity contribution in [3.63, 3.8) is 0 Å². The Kier molecular flexibility index (Phi) is 7.00. The summed E-state index contributed by atoms with van der Waals surface area (Å²) >= 11 is 0. The number of benzene rings is 2. The van der Waals surface area contributed by atoms with Crippen LogP contribution in [-0.4, -0.2) is 25.7 Å². The number of carbonyl (C=O) groups excluding carboxylic acids is 1. The maximum atomic E-state index is 12.1. The van der Waals surface area contributed by atoms with Crippen LogP contribution in [0.25, 0.3) is 22.9 Å². The molecule has 5 rings (SSSR count). The Morgan fingerprint density at radius 2 is 1.31 bits per heavy atom. The van der Waals surface area contributed by atoms with Crippen LogP contribution < -0.4 is 11.1 Å². The number of oxazole rings is 2. The summed E-state index contributed by atoms with van der Waals surface area (Å²) in [5.41, 5.74) is 11.2. The number of hydrogen-bond acceptors (Lipinski definition) is 7. The van der Waals surface area contributed by atoms with Gasteiger partial charge in [0, 0.05) is 35.7 Å². The van der Waals surface area contributed by atoms with Crippen LogP contribution in [0.5, 0.6) is 0 Å². The van der Waals surface area contributed by atoms with Gasteiger partial charge in [-0.2, -0.15) is 5.10 Å². The molecule has 0 aliphatic rings. The second-order valence-corrected chi connectivity index (χ2v) is 8.31. The molecule has 5 aromatic rings. The van der Waals surface area contributed by atoms with Crippen molar-refractivity contribution in [1.29, 1.82) is 0 Å². The monoisotopic (exact) mass is 484 g/mol. The summed E-state index contributed by atoms with van der Waals surface area (Å²) in [6, 6.07) is 16.5. The zero-order valence-electron chi connectivity index (χ0n) is 20.9. The van der Waals surface area contributed by atoms with Gasteiger partial charge in [-0.3, -0.25) is 9.48 Å². The number of nitrogens with zero attached hydrogens (tertiary/aromatic N) is 4. The summed E-state index contributed by atoms with van der Waals surface area (Å²) in [5, 5.41) is 6.81. The van der Waals surface area contributed by atoms with Gasteiger partial charge < -0.3 is 19.9 Å². The second-order valence-electron chi connectivity index (χ2n) is 8.31. The van der Waals surface area contributed by atoms with E-state index in [0.717, 1.165) is 39.7 Å². The average Bonchev–Trinajstić information content (AvgIpc) is 3.54. The van der Waals surface area contributed by atoms with Crippen LogP contribution in [0.2, 0.25) is 0 Å². The highest BCUT2D eigenvalue weighted by Crippen LogP contribution is 2.24. The lowest BCUT2D eigenvalue weighted by molar-refractivity contribution is 0.101. The topological polar surface area (TPSA) is 125 Å². The number of aryl methyl sites for hydroxylation is 5. The molecule has 0 atom stereocenters. The molecule has 2 aromatic carbocycles. The highest BCUT2D eigenvalue weighted by Gasteiger charge is 2.12. The molecule has 0 bridgehead atoms. The molecule has 0 unspecified atom stereocenters. The van der Waals surface area contributed by atoms with Crippen LogP contribution in [0.4, 0.5) is 11.4 Å². The number of hydrogen-bond donors (Lipinski definition) is 2. The minimum atomic E-state index is -0.199. The summed E-state index contributed by atoms with van der Waals surface area (Å²) in [6.07, 6.45) is 1.59. The first-order valence-corrected chi connectivity index (χ1v) is 11.3. The van der Waals surface area contributed by atoms with Crippen molar-refractivity contribution >= 4 is 17.3 Å². The molecule has 0 radical (unpaired) electrons. The predicted molar refractivity (Wildman–Crippen MR) is 138 cm³/mol. The lowest BCUT2D eigenvalue weighted by atomic mass is 10.2. The van der Waals surface area contributed by atoms with Crippen molar-refractivity contribution in [3.8, 4) is 22.9 Å². The fourth-order valence-corrected chi connectivity index (χ4v) is 3.31. The molecule has 0 saturated heterocycles. The number of nitrogens with two attached hydrogens (primary N) is 1.